The maximum Gasteiger partial charge on any atom is 0.243 e. The van der Waals surface area contributed by atoms with Crippen LogP contribution in [0.2, 0.25) is 0 Å². The summed E-state index contributed by atoms with van der Waals surface area (Å²) in [6.07, 6.45) is 3.51. The Bertz CT molecular complexity index is 792. The lowest BCUT2D eigenvalue weighted by Gasteiger charge is -2.21. The Morgan fingerprint density at radius 2 is 1.93 bits per heavy atom. The highest BCUT2D eigenvalue weighted by atomic mass is 32.2. The number of carbonyl (C=O) groups excluding carboxylic acids is 2. The summed E-state index contributed by atoms with van der Waals surface area (Å²) >= 11 is 0. The van der Waals surface area contributed by atoms with Crippen LogP contribution in [0.3, 0.4) is 0 Å². The normalized spacial score (nSPS) is 15.7. The highest BCUT2D eigenvalue weighted by Gasteiger charge is 2.23. The quantitative estimate of drug-likeness (QED) is 0.757. The lowest BCUT2D eigenvalue weighted by Crippen LogP contribution is -2.42. The summed E-state index contributed by atoms with van der Waals surface area (Å²) < 4.78 is 26.3. The first-order chi connectivity index (χ1) is 12.7. The van der Waals surface area contributed by atoms with Crippen molar-refractivity contribution in [1.82, 2.24) is 14.5 Å². The van der Waals surface area contributed by atoms with Crippen LogP contribution in [0.5, 0.6) is 0 Å². The summed E-state index contributed by atoms with van der Waals surface area (Å²) in [6, 6.07) is 4.93. The molecule has 0 radical (unpaired) electrons. The SMILES string of the molecule is Cc1ccc(S(=O)(=O)N(C)CC(=O)NCCN2CCCCCC2=O)cc1C. The molecule has 0 bridgehead atoms. The van der Waals surface area contributed by atoms with Gasteiger partial charge in [0.1, 0.15) is 0 Å². The molecule has 0 spiro atoms. The zero-order valence-corrected chi connectivity index (χ0v) is 17.1. The fourth-order valence-electron chi connectivity index (χ4n) is 3.00. The molecular weight excluding hydrogens is 366 g/mol. The number of hydrogen-bond donors (Lipinski definition) is 1. The molecule has 7 nitrogen and oxygen atoms in total. The molecule has 27 heavy (non-hydrogen) atoms. The number of sulfonamides is 1. The van der Waals surface area contributed by atoms with Crippen LogP contribution in [0.1, 0.15) is 36.8 Å². The fourth-order valence-corrected chi connectivity index (χ4v) is 4.22. The molecule has 1 saturated heterocycles. The van der Waals surface area contributed by atoms with Gasteiger partial charge in [0, 0.05) is 33.1 Å². The number of rotatable bonds is 7. The van der Waals surface area contributed by atoms with Crippen LogP contribution in [-0.2, 0) is 19.6 Å². The van der Waals surface area contributed by atoms with Gasteiger partial charge < -0.3 is 10.2 Å². The Labute approximate surface area is 161 Å². The van der Waals surface area contributed by atoms with E-state index in [-0.39, 0.29) is 23.3 Å². The molecule has 2 rings (SSSR count). The highest BCUT2D eigenvalue weighted by molar-refractivity contribution is 7.89. The average molecular weight is 396 g/mol. The summed E-state index contributed by atoms with van der Waals surface area (Å²) in [5.74, 6) is -0.261. The average Bonchev–Trinajstić information content (AvgIpc) is 2.81. The van der Waals surface area contributed by atoms with Gasteiger partial charge in [-0.3, -0.25) is 9.59 Å². The van der Waals surface area contributed by atoms with Crippen LogP contribution in [-0.4, -0.2) is 62.7 Å². The smallest absolute Gasteiger partial charge is 0.243 e. The molecule has 1 aromatic carbocycles. The first-order valence-corrected chi connectivity index (χ1v) is 10.7. The summed E-state index contributed by atoms with van der Waals surface area (Å²) in [5, 5.41) is 2.71. The van der Waals surface area contributed by atoms with Crippen molar-refractivity contribution in [2.45, 2.75) is 44.4 Å². The topological polar surface area (TPSA) is 86.8 Å². The van der Waals surface area contributed by atoms with E-state index in [0.717, 1.165) is 41.2 Å². The van der Waals surface area contributed by atoms with Crippen molar-refractivity contribution in [1.29, 1.82) is 0 Å². The second kappa shape index (κ2) is 9.32. The number of nitrogens with one attached hydrogen (secondary N) is 1. The Balaban J connectivity index is 1.87. The predicted octanol–water partition coefficient (Wildman–Crippen LogP) is 1.44. The minimum Gasteiger partial charge on any atom is -0.353 e. The van der Waals surface area contributed by atoms with Gasteiger partial charge in [0.25, 0.3) is 0 Å². The van der Waals surface area contributed by atoms with E-state index >= 15 is 0 Å². The lowest BCUT2D eigenvalue weighted by molar-refractivity contribution is -0.131. The third-order valence-electron chi connectivity index (χ3n) is 4.93. The number of likely N-dealkylation sites (N-methyl/N-ethyl adjacent to an activating group) is 1. The van der Waals surface area contributed by atoms with Gasteiger partial charge in [-0.2, -0.15) is 4.31 Å². The zero-order chi connectivity index (χ0) is 20.0. The Kier molecular flexibility index (Phi) is 7.38. The number of aryl methyl sites for hydroxylation is 2. The first-order valence-electron chi connectivity index (χ1n) is 9.30. The maximum atomic E-state index is 12.6. The van der Waals surface area contributed by atoms with Crippen LogP contribution in [0.25, 0.3) is 0 Å². The molecule has 1 N–H and O–H groups in total. The van der Waals surface area contributed by atoms with Crippen molar-refractivity contribution in [3.05, 3.63) is 29.3 Å². The number of benzene rings is 1. The molecule has 1 heterocycles. The Hall–Kier alpha value is -1.93. The van der Waals surface area contributed by atoms with Crippen molar-refractivity contribution in [3.8, 4) is 0 Å². The summed E-state index contributed by atoms with van der Waals surface area (Å²) in [7, 11) is -2.33. The highest BCUT2D eigenvalue weighted by Crippen LogP contribution is 2.18. The molecule has 1 aliphatic heterocycles. The third-order valence-corrected chi connectivity index (χ3v) is 6.73. The minimum atomic E-state index is -3.72. The Morgan fingerprint density at radius 3 is 2.63 bits per heavy atom. The van der Waals surface area contributed by atoms with E-state index in [4.69, 9.17) is 0 Å². The molecule has 0 unspecified atom stereocenters. The maximum absolute atomic E-state index is 12.6. The lowest BCUT2D eigenvalue weighted by atomic mass is 10.1. The molecule has 1 aromatic rings. The van der Waals surface area contributed by atoms with Gasteiger partial charge in [-0.05, 0) is 49.9 Å². The first kappa shape index (κ1) is 21.4. The van der Waals surface area contributed by atoms with E-state index in [1.54, 1.807) is 23.1 Å². The largest absolute Gasteiger partial charge is 0.353 e. The molecule has 0 aliphatic carbocycles. The molecule has 1 fully saturated rings. The van der Waals surface area contributed by atoms with Crippen LogP contribution >= 0.6 is 0 Å². The molecule has 0 aromatic heterocycles. The third kappa shape index (κ3) is 5.77. The standard InChI is InChI=1S/C19H29N3O4S/c1-15-8-9-17(13-16(15)2)27(25,26)21(3)14-18(23)20-10-12-22-11-6-4-5-7-19(22)24/h8-9,13H,4-7,10-12,14H2,1-3H3,(H,20,23). The number of likely N-dealkylation sites (tertiary alicyclic amines) is 1. The van der Waals surface area contributed by atoms with Gasteiger partial charge in [-0.25, -0.2) is 8.42 Å². The molecular formula is C19H29N3O4S. The summed E-state index contributed by atoms with van der Waals surface area (Å²) in [4.78, 5) is 26.0. The summed E-state index contributed by atoms with van der Waals surface area (Å²) in [5.41, 5.74) is 1.90. The minimum absolute atomic E-state index is 0.121. The monoisotopic (exact) mass is 395 g/mol. The van der Waals surface area contributed by atoms with Crippen molar-refractivity contribution in [2.75, 3.05) is 33.2 Å². The van der Waals surface area contributed by atoms with E-state index in [2.05, 4.69) is 5.32 Å². The van der Waals surface area contributed by atoms with E-state index < -0.39 is 10.0 Å². The van der Waals surface area contributed by atoms with Crippen LogP contribution in [0, 0.1) is 13.8 Å². The summed E-state index contributed by atoms with van der Waals surface area (Å²) in [6.45, 7) is 5.00. The number of nitrogens with zero attached hydrogens (tertiary/aromatic N) is 2. The number of amides is 2. The van der Waals surface area contributed by atoms with Crippen molar-refractivity contribution in [3.63, 3.8) is 0 Å². The second-order valence-electron chi connectivity index (χ2n) is 7.05. The van der Waals surface area contributed by atoms with Crippen LogP contribution in [0.15, 0.2) is 23.1 Å². The molecule has 0 atom stereocenters. The van der Waals surface area contributed by atoms with Crippen molar-refractivity contribution < 1.29 is 18.0 Å². The van der Waals surface area contributed by atoms with Gasteiger partial charge in [0.05, 0.1) is 11.4 Å². The van der Waals surface area contributed by atoms with E-state index in [1.165, 1.54) is 7.05 Å². The Morgan fingerprint density at radius 1 is 1.19 bits per heavy atom. The van der Waals surface area contributed by atoms with E-state index in [1.807, 2.05) is 13.8 Å². The molecule has 1 aliphatic rings. The fraction of sp³-hybridized carbons (Fsp3) is 0.579. The zero-order valence-electron chi connectivity index (χ0n) is 16.3. The van der Waals surface area contributed by atoms with Gasteiger partial charge >= 0.3 is 0 Å². The predicted molar refractivity (Wildman–Crippen MR) is 104 cm³/mol. The van der Waals surface area contributed by atoms with Crippen LogP contribution < -0.4 is 5.32 Å². The van der Waals surface area contributed by atoms with Gasteiger partial charge in [0.15, 0.2) is 0 Å². The van der Waals surface area contributed by atoms with Crippen LogP contribution in [0.4, 0.5) is 0 Å². The van der Waals surface area contributed by atoms with Gasteiger partial charge in [-0.15, -0.1) is 0 Å². The molecule has 2 amide bonds. The van der Waals surface area contributed by atoms with Gasteiger partial charge in [-0.1, -0.05) is 12.5 Å². The molecule has 150 valence electrons. The van der Waals surface area contributed by atoms with Crippen molar-refractivity contribution >= 4 is 21.8 Å². The van der Waals surface area contributed by atoms with Gasteiger partial charge in [0.2, 0.25) is 21.8 Å². The second-order valence-corrected chi connectivity index (χ2v) is 9.09. The molecule has 0 saturated carbocycles. The van der Waals surface area contributed by atoms with E-state index in [0.29, 0.717) is 19.5 Å². The van der Waals surface area contributed by atoms with Crippen molar-refractivity contribution in [2.24, 2.45) is 0 Å². The van der Waals surface area contributed by atoms with E-state index in [9.17, 15) is 18.0 Å². The number of hydrogen-bond acceptors (Lipinski definition) is 4. The number of carbonyl (C=O) groups is 2. The molecule has 8 heteroatoms.